The second-order valence-corrected chi connectivity index (χ2v) is 8.84. The number of carboxylic acid groups (broad SMARTS) is 1. The number of aromatic nitrogens is 1. The molecule has 1 N–H and O–H groups in total. The number of carboxylic acids is 1. The quantitative estimate of drug-likeness (QED) is 0.850. The summed E-state index contributed by atoms with van der Waals surface area (Å²) in [5.41, 5.74) is -0.229. The fourth-order valence-corrected chi connectivity index (χ4v) is 4.18. The van der Waals surface area contributed by atoms with Crippen molar-refractivity contribution in [1.82, 2.24) is 9.88 Å². The van der Waals surface area contributed by atoms with Gasteiger partial charge in [0.25, 0.3) is 0 Å². The Morgan fingerprint density at radius 1 is 1.04 bits per heavy atom. The van der Waals surface area contributed by atoms with Crippen LogP contribution in [-0.4, -0.2) is 58.8 Å². The number of hydrogen-bond acceptors (Lipinski definition) is 5. The highest BCUT2D eigenvalue weighted by Crippen LogP contribution is 2.33. The van der Waals surface area contributed by atoms with Crippen molar-refractivity contribution >= 4 is 17.9 Å². The van der Waals surface area contributed by atoms with Crippen LogP contribution in [0.5, 0.6) is 0 Å². The van der Waals surface area contributed by atoms with Gasteiger partial charge in [-0.15, -0.1) is 0 Å². The number of ether oxygens (including phenoxy) is 1. The lowest BCUT2D eigenvalue weighted by atomic mass is 9.79. The van der Waals surface area contributed by atoms with Crippen molar-refractivity contribution in [3.8, 4) is 0 Å². The number of piperidine rings is 2. The molecule has 0 saturated carbocycles. The Hall–Kier alpha value is -2.31. The van der Waals surface area contributed by atoms with Crippen molar-refractivity contribution in [3.63, 3.8) is 0 Å². The SMILES string of the molecule is CC(C)(C)OC(=O)N1CCC(C2CCN(c3ccc(C(=O)O)cn3)CC2)CC1. The number of aromatic carboxylic acids is 1. The van der Waals surface area contributed by atoms with Crippen LogP contribution in [0.3, 0.4) is 0 Å². The summed E-state index contributed by atoms with van der Waals surface area (Å²) in [6.45, 7) is 9.13. The standard InChI is InChI=1S/C21H31N3O4/c1-21(2,3)28-20(27)24-12-8-16(9-13-24)15-6-10-23(11-7-15)18-5-4-17(14-22-18)19(25)26/h4-5,14-16H,6-13H2,1-3H3,(H,25,26). The molecule has 7 heteroatoms. The summed E-state index contributed by atoms with van der Waals surface area (Å²) in [7, 11) is 0. The van der Waals surface area contributed by atoms with E-state index in [1.54, 1.807) is 12.1 Å². The van der Waals surface area contributed by atoms with Crippen molar-refractivity contribution < 1.29 is 19.4 Å². The first-order valence-electron chi connectivity index (χ1n) is 10.1. The van der Waals surface area contributed by atoms with Gasteiger partial charge in [0.15, 0.2) is 0 Å². The highest BCUT2D eigenvalue weighted by Gasteiger charge is 2.32. The minimum absolute atomic E-state index is 0.198. The Morgan fingerprint density at radius 2 is 1.61 bits per heavy atom. The predicted molar refractivity (Wildman–Crippen MR) is 107 cm³/mol. The van der Waals surface area contributed by atoms with Crippen LogP contribution >= 0.6 is 0 Å². The molecule has 28 heavy (non-hydrogen) atoms. The van der Waals surface area contributed by atoms with Crippen molar-refractivity contribution in [1.29, 1.82) is 0 Å². The van der Waals surface area contributed by atoms with E-state index in [4.69, 9.17) is 9.84 Å². The predicted octanol–water partition coefficient (Wildman–Crippen LogP) is 3.64. The lowest BCUT2D eigenvalue weighted by Crippen LogP contribution is -2.44. The molecule has 2 saturated heterocycles. The number of carbonyl (C=O) groups is 2. The number of anilines is 1. The summed E-state index contributed by atoms with van der Waals surface area (Å²) >= 11 is 0. The molecule has 0 spiro atoms. The maximum Gasteiger partial charge on any atom is 0.410 e. The first-order chi connectivity index (χ1) is 13.2. The van der Waals surface area contributed by atoms with Gasteiger partial charge in [0.05, 0.1) is 5.56 Å². The fourth-order valence-electron chi connectivity index (χ4n) is 4.18. The zero-order valence-corrected chi connectivity index (χ0v) is 17.1. The molecule has 154 valence electrons. The Morgan fingerprint density at radius 3 is 2.07 bits per heavy atom. The summed E-state index contributed by atoms with van der Waals surface area (Å²) in [5, 5.41) is 8.99. The molecule has 0 aliphatic carbocycles. The number of nitrogens with zero attached hydrogens (tertiary/aromatic N) is 3. The Balaban J connectivity index is 1.46. The summed E-state index contributed by atoms with van der Waals surface area (Å²) in [5.74, 6) is 1.23. The average Bonchev–Trinajstić information content (AvgIpc) is 2.67. The maximum atomic E-state index is 12.2. The Labute approximate surface area is 166 Å². The molecule has 0 atom stereocenters. The third-order valence-corrected chi connectivity index (χ3v) is 5.72. The minimum atomic E-state index is -0.949. The van der Waals surface area contributed by atoms with E-state index in [-0.39, 0.29) is 11.7 Å². The van der Waals surface area contributed by atoms with Crippen LogP contribution in [0, 0.1) is 11.8 Å². The lowest BCUT2D eigenvalue weighted by Gasteiger charge is -2.40. The van der Waals surface area contributed by atoms with Gasteiger partial charge in [-0.2, -0.15) is 0 Å². The molecule has 7 nitrogen and oxygen atoms in total. The topological polar surface area (TPSA) is 83.0 Å². The second-order valence-electron chi connectivity index (χ2n) is 8.84. The molecule has 0 radical (unpaired) electrons. The zero-order valence-electron chi connectivity index (χ0n) is 17.1. The molecule has 2 fully saturated rings. The van der Waals surface area contributed by atoms with Gasteiger partial charge in [-0.3, -0.25) is 0 Å². The van der Waals surface area contributed by atoms with Crippen LogP contribution < -0.4 is 4.90 Å². The first-order valence-corrected chi connectivity index (χ1v) is 10.1. The number of amides is 1. The van der Waals surface area contributed by atoms with Gasteiger partial charge >= 0.3 is 12.1 Å². The molecule has 1 aromatic rings. The first kappa shape index (κ1) is 20.4. The minimum Gasteiger partial charge on any atom is -0.478 e. The third kappa shape index (κ3) is 5.14. The molecule has 2 aliphatic heterocycles. The van der Waals surface area contributed by atoms with E-state index < -0.39 is 11.6 Å². The summed E-state index contributed by atoms with van der Waals surface area (Å²) in [6, 6.07) is 3.41. The summed E-state index contributed by atoms with van der Waals surface area (Å²) < 4.78 is 5.48. The van der Waals surface area contributed by atoms with Crippen LogP contribution in [0.15, 0.2) is 18.3 Å². The molecule has 0 bridgehead atoms. The highest BCUT2D eigenvalue weighted by atomic mass is 16.6. The van der Waals surface area contributed by atoms with Crippen molar-refractivity contribution in [2.75, 3.05) is 31.1 Å². The van der Waals surface area contributed by atoms with Crippen LogP contribution in [-0.2, 0) is 4.74 Å². The normalized spacial score (nSPS) is 19.5. The van der Waals surface area contributed by atoms with Crippen molar-refractivity contribution in [2.45, 2.75) is 52.1 Å². The van der Waals surface area contributed by atoms with E-state index >= 15 is 0 Å². The smallest absolute Gasteiger partial charge is 0.410 e. The van der Waals surface area contributed by atoms with Gasteiger partial charge in [0.1, 0.15) is 11.4 Å². The van der Waals surface area contributed by atoms with Crippen LogP contribution in [0.1, 0.15) is 56.8 Å². The van der Waals surface area contributed by atoms with E-state index in [9.17, 15) is 9.59 Å². The molecule has 1 aromatic heterocycles. The number of pyridine rings is 1. The Bertz CT molecular complexity index is 683. The molecular formula is C21H31N3O4. The van der Waals surface area contributed by atoms with E-state index in [0.29, 0.717) is 11.8 Å². The number of carbonyl (C=O) groups excluding carboxylic acids is 1. The number of likely N-dealkylation sites (tertiary alicyclic amines) is 1. The van der Waals surface area contributed by atoms with Crippen LogP contribution in [0.25, 0.3) is 0 Å². The van der Waals surface area contributed by atoms with E-state index in [1.807, 2.05) is 25.7 Å². The maximum absolute atomic E-state index is 12.2. The van der Waals surface area contributed by atoms with E-state index in [1.165, 1.54) is 6.20 Å². The van der Waals surface area contributed by atoms with Crippen LogP contribution in [0.4, 0.5) is 10.6 Å². The highest BCUT2D eigenvalue weighted by molar-refractivity contribution is 5.87. The fraction of sp³-hybridized carbons (Fsp3) is 0.667. The van der Waals surface area contributed by atoms with E-state index in [2.05, 4.69) is 9.88 Å². The van der Waals surface area contributed by atoms with Gasteiger partial charge in [-0.05, 0) is 70.4 Å². The Kier molecular flexibility index (Phi) is 6.10. The monoisotopic (exact) mass is 389 g/mol. The van der Waals surface area contributed by atoms with Gasteiger partial charge in [0.2, 0.25) is 0 Å². The summed E-state index contributed by atoms with van der Waals surface area (Å²) in [4.78, 5) is 31.5. The van der Waals surface area contributed by atoms with Crippen molar-refractivity contribution in [2.24, 2.45) is 11.8 Å². The lowest BCUT2D eigenvalue weighted by molar-refractivity contribution is 0.0152. The molecular weight excluding hydrogens is 358 g/mol. The number of rotatable bonds is 3. The van der Waals surface area contributed by atoms with Crippen molar-refractivity contribution in [3.05, 3.63) is 23.9 Å². The van der Waals surface area contributed by atoms with Gasteiger partial charge in [-0.25, -0.2) is 14.6 Å². The molecule has 1 amide bonds. The molecule has 3 heterocycles. The molecule has 0 unspecified atom stereocenters. The van der Waals surface area contributed by atoms with Gasteiger partial charge in [0, 0.05) is 32.4 Å². The number of hydrogen-bond donors (Lipinski definition) is 1. The second kappa shape index (κ2) is 8.37. The van der Waals surface area contributed by atoms with Gasteiger partial charge in [-0.1, -0.05) is 0 Å². The van der Waals surface area contributed by atoms with E-state index in [0.717, 1.165) is 57.7 Å². The molecule has 3 rings (SSSR count). The average molecular weight is 389 g/mol. The molecule has 2 aliphatic rings. The van der Waals surface area contributed by atoms with Gasteiger partial charge < -0.3 is 19.6 Å². The third-order valence-electron chi connectivity index (χ3n) is 5.72. The van der Waals surface area contributed by atoms with Crippen LogP contribution in [0.2, 0.25) is 0 Å². The largest absolute Gasteiger partial charge is 0.478 e. The zero-order chi connectivity index (χ0) is 20.3. The molecule has 0 aromatic carbocycles. The summed E-state index contributed by atoms with van der Waals surface area (Å²) in [6.07, 6.45) is 5.52.